The number of hydrazine groups is 1. The summed E-state index contributed by atoms with van der Waals surface area (Å²) in [5.41, 5.74) is 5.04. The third-order valence-electron chi connectivity index (χ3n) is 2.32. The van der Waals surface area contributed by atoms with Gasteiger partial charge in [-0.05, 0) is 40.1 Å². The van der Waals surface area contributed by atoms with Crippen LogP contribution in [0.4, 0.5) is 0 Å². The summed E-state index contributed by atoms with van der Waals surface area (Å²) in [6.07, 6.45) is 0. The van der Waals surface area contributed by atoms with Crippen molar-refractivity contribution in [3.05, 3.63) is 55.6 Å². The number of hydrogen-bond acceptors (Lipinski definition) is 3. The van der Waals surface area contributed by atoms with Crippen molar-refractivity contribution in [1.82, 2.24) is 5.43 Å². The second-order valence-corrected chi connectivity index (χ2v) is 5.39. The Bertz CT molecular complexity index is 473. The molecule has 0 fully saturated rings. The van der Waals surface area contributed by atoms with Crippen LogP contribution >= 0.6 is 38.9 Å². The van der Waals surface area contributed by atoms with Gasteiger partial charge in [-0.2, -0.15) is 11.3 Å². The number of thiophene rings is 1. The molecule has 0 radical (unpaired) electrons. The smallest absolute Gasteiger partial charge is 0.0729 e. The van der Waals surface area contributed by atoms with Gasteiger partial charge in [0.15, 0.2) is 0 Å². The molecule has 1 unspecified atom stereocenters. The summed E-state index contributed by atoms with van der Waals surface area (Å²) in [6, 6.07) is 7.73. The molecule has 1 aromatic heterocycles. The molecule has 1 atom stereocenters. The molecular weight excluding hydrogens is 308 g/mol. The first-order chi connectivity index (χ1) is 7.72. The molecule has 84 valence electrons. The van der Waals surface area contributed by atoms with E-state index in [1.54, 1.807) is 11.3 Å². The number of hydrogen-bond donors (Lipinski definition) is 2. The molecule has 0 aliphatic rings. The number of nitrogens with two attached hydrogens (primary N) is 1. The normalized spacial score (nSPS) is 12.7. The average Bonchev–Trinajstić information content (AvgIpc) is 2.75. The summed E-state index contributed by atoms with van der Waals surface area (Å²) in [6.45, 7) is 0. The Morgan fingerprint density at radius 1 is 1.38 bits per heavy atom. The monoisotopic (exact) mass is 316 g/mol. The van der Waals surface area contributed by atoms with E-state index in [1.165, 1.54) is 0 Å². The van der Waals surface area contributed by atoms with E-state index in [9.17, 15) is 0 Å². The Morgan fingerprint density at radius 2 is 2.19 bits per heavy atom. The number of nitrogens with one attached hydrogen (secondary N) is 1. The average molecular weight is 318 g/mol. The zero-order valence-corrected chi connectivity index (χ0v) is 11.4. The molecular formula is C11H10BrClN2S. The lowest BCUT2D eigenvalue weighted by molar-refractivity contribution is 0.636. The Hall–Kier alpha value is -0.390. The zero-order valence-electron chi connectivity index (χ0n) is 8.28. The second-order valence-electron chi connectivity index (χ2n) is 3.32. The minimum absolute atomic E-state index is 0.0158. The largest absolute Gasteiger partial charge is 0.271 e. The van der Waals surface area contributed by atoms with Crippen LogP contribution in [-0.4, -0.2) is 0 Å². The van der Waals surface area contributed by atoms with Crippen molar-refractivity contribution in [1.29, 1.82) is 0 Å². The first kappa shape index (κ1) is 12.1. The molecule has 0 aliphatic heterocycles. The second kappa shape index (κ2) is 5.29. The van der Waals surface area contributed by atoms with Crippen LogP contribution in [-0.2, 0) is 0 Å². The minimum Gasteiger partial charge on any atom is -0.271 e. The molecule has 0 bridgehead atoms. The van der Waals surface area contributed by atoms with Crippen molar-refractivity contribution in [2.45, 2.75) is 6.04 Å². The summed E-state index contributed by atoms with van der Waals surface area (Å²) in [5, 5.41) is 4.81. The molecule has 2 rings (SSSR count). The third-order valence-corrected chi connectivity index (χ3v) is 3.94. The maximum absolute atomic E-state index is 5.91. The van der Waals surface area contributed by atoms with Gasteiger partial charge >= 0.3 is 0 Å². The maximum Gasteiger partial charge on any atom is 0.0729 e. The van der Waals surface area contributed by atoms with E-state index in [2.05, 4.69) is 32.8 Å². The summed E-state index contributed by atoms with van der Waals surface area (Å²) in [4.78, 5) is 0. The molecule has 3 N–H and O–H groups in total. The minimum atomic E-state index is -0.0158. The van der Waals surface area contributed by atoms with Crippen LogP contribution in [0, 0.1) is 0 Å². The first-order valence-electron chi connectivity index (χ1n) is 4.65. The molecule has 2 nitrogen and oxygen atoms in total. The molecule has 1 aromatic carbocycles. The Kier molecular flexibility index (Phi) is 4.00. The van der Waals surface area contributed by atoms with E-state index in [4.69, 9.17) is 17.4 Å². The summed E-state index contributed by atoms with van der Waals surface area (Å²) < 4.78 is 0.953. The third kappa shape index (κ3) is 2.47. The first-order valence-corrected chi connectivity index (χ1v) is 6.77. The van der Waals surface area contributed by atoms with Gasteiger partial charge in [0.05, 0.1) is 6.04 Å². The molecule has 1 heterocycles. The molecule has 0 saturated heterocycles. The van der Waals surface area contributed by atoms with Gasteiger partial charge in [-0.15, -0.1) is 0 Å². The van der Waals surface area contributed by atoms with Crippen LogP contribution in [0.2, 0.25) is 5.02 Å². The van der Waals surface area contributed by atoms with Crippen molar-refractivity contribution in [2.75, 3.05) is 0 Å². The standard InChI is InChI=1S/C11H10BrClN2S/c12-10-5-8(13)1-2-9(10)11(15-14)7-3-4-16-6-7/h1-6,11,15H,14H2. The van der Waals surface area contributed by atoms with Crippen LogP contribution in [0.1, 0.15) is 17.2 Å². The van der Waals surface area contributed by atoms with Crippen molar-refractivity contribution in [2.24, 2.45) is 5.84 Å². The van der Waals surface area contributed by atoms with Crippen LogP contribution in [0.5, 0.6) is 0 Å². The fourth-order valence-electron chi connectivity index (χ4n) is 1.54. The van der Waals surface area contributed by atoms with E-state index >= 15 is 0 Å². The van der Waals surface area contributed by atoms with E-state index in [-0.39, 0.29) is 6.04 Å². The fourth-order valence-corrected chi connectivity index (χ4v) is 3.14. The highest BCUT2D eigenvalue weighted by atomic mass is 79.9. The molecule has 0 spiro atoms. The van der Waals surface area contributed by atoms with Gasteiger partial charge in [-0.1, -0.05) is 33.6 Å². The lowest BCUT2D eigenvalue weighted by Crippen LogP contribution is -2.28. The number of rotatable bonds is 3. The SMILES string of the molecule is NNC(c1ccsc1)c1ccc(Cl)cc1Br. The van der Waals surface area contributed by atoms with Gasteiger partial charge in [0.1, 0.15) is 0 Å². The predicted octanol–water partition coefficient (Wildman–Crippen LogP) is 3.72. The van der Waals surface area contributed by atoms with Crippen molar-refractivity contribution in [3.63, 3.8) is 0 Å². The molecule has 0 amide bonds. The van der Waals surface area contributed by atoms with Crippen molar-refractivity contribution in [3.8, 4) is 0 Å². The Balaban J connectivity index is 2.41. The van der Waals surface area contributed by atoms with Crippen LogP contribution in [0.15, 0.2) is 39.5 Å². The highest BCUT2D eigenvalue weighted by Crippen LogP contribution is 2.31. The topological polar surface area (TPSA) is 38.0 Å². The lowest BCUT2D eigenvalue weighted by Gasteiger charge is -2.16. The Morgan fingerprint density at radius 3 is 2.75 bits per heavy atom. The van der Waals surface area contributed by atoms with Gasteiger partial charge < -0.3 is 0 Å². The van der Waals surface area contributed by atoms with Gasteiger partial charge in [-0.25, -0.2) is 5.43 Å². The molecule has 5 heteroatoms. The van der Waals surface area contributed by atoms with Crippen LogP contribution in [0.25, 0.3) is 0 Å². The van der Waals surface area contributed by atoms with Crippen molar-refractivity contribution >= 4 is 38.9 Å². The summed E-state index contributed by atoms with van der Waals surface area (Å²) in [7, 11) is 0. The molecule has 16 heavy (non-hydrogen) atoms. The van der Waals surface area contributed by atoms with Crippen LogP contribution in [0.3, 0.4) is 0 Å². The molecule has 2 aromatic rings. The van der Waals surface area contributed by atoms with E-state index < -0.39 is 0 Å². The van der Waals surface area contributed by atoms with E-state index in [0.717, 1.165) is 15.6 Å². The zero-order chi connectivity index (χ0) is 11.5. The lowest BCUT2D eigenvalue weighted by atomic mass is 10.0. The van der Waals surface area contributed by atoms with Gasteiger partial charge in [0.25, 0.3) is 0 Å². The van der Waals surface area contributed by atoms with Crippen molar-refractivity contribution < 1.29 is 0 Å². The van der Waals surface area contributed by atoms with E-state index in [1.807, 2.05) is 23.6 Å². The van der Waals surface area contributed by atoms with E-state index in [0.29, 0.717) is 5.02 Å². The molecule has 0 saturated carbocycles. The highest BCUT2D eigenvalue weighted by molar-refractivity contribution is 9.10. The highest BCUT2D eigenvalue weighted by Gasteiger charge is 2.15. The van der Waals surface area contributed by atoms with Crippen LogP contribution < -0.4 is 11.3 Å². The van der Waals surface area contributed by atoms with Gasteiger partial charge in [0.2, 0.25) is 0 Å². The Labute approximate surface area is 112 Å². The quantitative estimate of drug-likeness (QED) is 0.669. The van der Waals surface area contributed by atoms with Gasteiger partial charge in [-0.3, -0.25) is 5.84 Å². The number of halogens is 2. The fraction of sp³-hybridized carbons (Fsp3) is 0.0909. The number of benzene rings is 1. The maximum atomic E-state index is 5.91. The summed E-state index contributed by atoms with van der Waals surface area (Å²) in [5.74, 6) is 5.60. The van der Waals surface area contributed by atoms with Gasteiger partial charge in [0, 0.05) is 9.50 Å². The molecule has 0 aliphatic carbocycles. The predicted molar refractivity (Wildman–Crippen MR) is 72.6 cm³/mol. The summed E-state index contributed by atoms with van der Waals surface area (Å²) >= 11 is 11.1.